The number of rotatable bonds is 7. The van der Waals surface area contributed by atoms with Crippen LogP contribution in [-0.4, -0.2) is 27.4 Å². The van der Waals surface area contributed by atoms with E-state index in [-0.39, 0.29) is 11.8 Å². The van der Waals surface area contributed by atoms with Crippen molar-refractivity contribution in [2.24, 2.45) is 0 Å². The number of hydrogen-bond acceptors (Lipinski definition) is 5. The summed E-state index contributed by atoms with van der Waals surface area (Å²) in [6, 6.07) is 16.4. The molecule has 6 rings (SSSR count). The van der Waals surface area contributed by atoms with Crippen LogP contribution in [0.4, 0.5) is 5.69 Å². The molecular formula is C31H30N4O4. The predicted octanol–water partition coefficient (Wildman–Crippen LogP) is 6.82. The van der Waals surface area contributed by atoms with E-state index in [9.17, 15) is 9.59 Å². The van der Waals surface area contributed by atoms with Gasteiger partial charge in [0.25, 0.3) is 5.91 Å². The Labute approximate surface area is 226 Å². The minimum Gasteiger partial charge on any atom is -0.472 e. The summed E-state index contributed by atoms with van der Waals surface area (Å²) < 4.78 is 12.8. The maximum absolute atomic E-state index is 13.1. The fourth-order valence-electron chi connectivity index (χ4n) is 5.31. The van der Waals surface area contributed by atoms with Crippen molar-refractivity contribution in [3.05, 3.63) is 85.2 Å². The van der Waals surface area contributed by atoms with Gasteiger partial charge in [0.15, 0.2) is 0 Å². The van der Waals surface area contributed by atoms with Crippen LogP contribution in [0.3, 0.4) is 0 Å². The topological polar surface area (TPSA) is 102 Å². The summed E-state index contributed by atoms with van der Waals surface area (Å²) in [5.74, 6) is 0.228. The quantitative estimate of drug-likeness (QED) is 0.244. The molecule has 1 atom stereocenters. The largest absolute Gasteiger partial charge is 0.472 e. The van der Waals surface area contributed by atoms with E-state index in [1.165, 1.54) is 19.3 Å². The Kier molecular flexibility index (Phi) is 6.75. The molecule has 0 radical (unpaired) electrons. The van der Waals surface area contributed by atoms with Crippen molar-refractivity contribution in [2.45, 2.75) is 51.1 Å². The summed E-state index contributed by atoms with van der Waals surface area (Å²) in [7, 11) is 0. The predicted molar refractivity (Wildman–Crippen MR) is 149 cm³/mol. The van der Waals surface area contributed by atoms with E-state index >= 15 is 0 Å². The monoisotopic (exact) mass is 522 g/mol. The molecule has 0 unspecified atom stereocenters. The van der Waals surface area contributed by atoms with Gasteiger partial charge in [-0.2, -0.15) is 0 Å². The zero-order valence-corrected chi connectivity index (χ0v) is 21.7. The third kappa shape index (κ3) is 5.10. The molecule has 3 heterocycles. The van der Waals surface area contributed by atoms with Crippen molar-refractivity contribution in [3.63, 3.8) is 0 Å². The van der Waals surface area contributed by atoms with E-state index in [1.807, 2.05) is 42.5 Å². The molecule has 0 aliphatic heterocycles. The molecule has 2 aromatic carbocycles. The molecule has 2 amide bonds. The molecule has 3 aromatic heterocycles. The first-order valence-corrected chi connectivity index (χ1v) is 13.4. The Morgan fingerprint density at radius 3 is 2.31 bits per heavy atom. The molecule has 8 heteroatoms. The zero-order valence-electron chi connectivity index (χ0n) is 21.7. The van der Waals surface area contributed by atoms with Crippen molar-refractivity contribution in [1.29, 1.82) is 0 Å². The number of furan rings is 2. The summed E-state index contributed by atoms with van der Waals surface area (Å²) >= 11 is 0. The van der Waals surface area contributed by atoms with Crippen LogP contribution in [0.15, 0.2) is 88.5 Å². The van der Waals surface area contributed by atoms with Crippen LogP contribution in [0.1, 0.15) is 55.4 Å². The average molecular weight is 523 g/mol. The Morgan fingerprint density at radius 2 is 1.62 bits per heavy atom. The Morgan fingerprint density at radius 1 is 0.897 bits per heavy atom. The summed E-state index contributed by atoms with van der Waals surface area (Å²) in [6.45, 7) is 1.67. The highest BCUT2D eigenvalue weighted by atomic mass is 16.3. The number of benzene rings is 2. The number of carbonyl (C=O) groups is 2. The molecule has 1 aliphatic rings. The molecule has 0 bridgehead atoms. The summed E-state index contributed by atoms with van der Waals surface area (Å²) in [5.41, 5.74) is 5.73. The van der Waals surface area contributed by atoms with Gasteiger partial charge in [-0.3, -0.25) is 9.59 Å². The van der Waals surface area contributed by atoms with Crippen molar-refractivity contribution in [2.75, 3.05) is 5.32 Å². The third-order valence-electron chi connectivity index (χ3n) is 7.42. The minimum absolute atomic E-state index is 0.302. The lowest BCUT2D eigenvalue weighted by atomic mass is 9.95. The maximum atomic E-state index is 13.1. The highest BCUT2D eigenvalue weighted by molar-refractivity contribution is 6.02. The molecule has 8 nitrogen and oxygen atoms in total. The van der Waals surface area contributed by atoms with Crippen LogP contribution in [0.5, 0.6) is 0 Å². The van der Waals surface area contributed by atoms with Crippen molar-refractivity contribution in [3.8, 4) is 22.5 Å². The Hall–Kier alpha value is -4.59. The van der Waals surface area contributed by atoms with Gasteiger partial charge in [-0.15, -0.1) is 0 Å². The number of anilines is 1. The first kappa shape index (κ1) is 24.7. The van der Waals surface area contributed by atoms with Gasteiger partial charge in [-0.25, -0.2) is 4.98 Å². The normalized spacial score (nSPS) is 14.8. The fourth-order valence-corrected chi connectivity index (χ4v) is 5.31. The second-order valence-corrected chi connectivity index (χ2v) is 10.1. The van der Waals surface area contributed by atoms with E-state index < -0.39 is 6.04 Å². The Bertz CT molecular complexity index is 1580. The minimum atomic E-state index is -0.733. The van der Waals surface area contributed by atoms with E-state index in [0.717, 1.165) is 46.4 Å². The van der Waals surface area contributed by atoms with Crippen LogP contribution in [0, 0.1) is 0 Å². The molecule has 1 fully saturated rings. The lowest BCUT2D eigenvalue weighted by Gasteiger charge is -2.25. The molecule has 5 aromatic rings. The van der Waals surface area contributed by atoms with Gasteiger partial charge in [0, 0.05) is 22.9 Å². The number of aromatic nitrogens is 2. The smallest absolute Gasteiger partial charge is 0.251 e. The van der Waals surface area contributed by atoms with Gasteiger partial charge < -0.3 is 24.0 Å². The molecule has 2 N–H and O–H groups in total. The van der Waals surface area contributed by atoms with E-state index in [0.29, 0.717) is 17.3 Å². The van der Waals surface area contributed by atoms with Crippen molar-refractivity contribution >= 4 is 28.5 Å². The van der Waals surface area contributed by atoms with E-state index in [4.69, 9.17) is 13.8 Å². The van der Waals surface area contributed by atoms with Crippen molar-refractivity contribution < 1.29 is 18.4 Å². The number of carbonyl (C=O) groups excluding carboxylic acids is 2. The number of fused-ring (bicyclic) bond motifs is 1. The van der Waals surface area contributed by atoms with Crippen LogP contribution >= 0.6 is 0 Å². The van der Waals surface area contributed by atoms with Gasteiger partial charge >= 0.3 is 0 Å². The molecule has 0 saturated heterocycles. The SMILES string of the molecule is C[C@@H](NC(=O)c1ccc2c(c1)nc(-c1ccoc1)n2C1CCCCC1)C(=O)Nc1ccc(-c2ccoc2)cc1. The molecule has 1 aliphatic carbocycles. The van der Waals surface area contributed by atoms with Crippen molar-refractivity contribution in [1.82, 2.24) is 14.9 Å². The van der Waals surface area contributed by atoms with Gasteiger partial charge in [0.2, 0.25) is 5.91 Å². The first-order valence-electron chi connectivity index (χ1n) is 13.4. The zero-order chi connectivity index (χ0) is 26.8. The summed E-state index contributed by atoms with van der Waals surface area (Å²) in [4.78, 5) is 30.8. The van der Waals surface area contributed by atoms with Crippen LogP contribution in [0.2, 0.25) is 0 Å². The highest BCUT2D eigenvalue weighted by Gasteiger charge is 2.24. The fraction of sp³-hybridized carbons (Fsp3) is 0.258. The standard InChI is InChI=1S/C31H30N4O4/c1-20(30(36)33-25-10-7-21(8-11-25)23-13-15-38-18-23)32-31(37)22-9-12-28-27(17-22)34-29(24-14-16-39-19-24)35(28)26-5-3-2-4-6-26/h7-20,26H,2-6H2,1H3,(H,32,37)(H,33,36)/t20-/m1/s1. The van der Waals surface area contributed by atoms with E-state index in [2.05, 4.69) is 15.2 Å². The lowest BCUT2D eigenvalue weighted by Crippen LogP contribution is -2.41. The van der Waals surface area contributed by atoms with Gasteiger partial charge in [-0.05, 0) is 67.8 Å². The lowest BCUT2D eigenvalue weighted by molar-refractivity contribution is -0.117. The number of nitrogens with zero attached hydrogens (tertiary/aromatic N) is 2. The van der Waals surface area contributed by atoms with Gasteiger partial charge in [0.1, 0.15) is 18.1 Å². The second kappa shape index (κ2) is 10.6. The number of imidazole rings is 1. The highest BCUT2D eigenvalue weighted by Crippen LogP contribution is 2.36. The molecule has 39 heavy (non-hydrogen) atoms. The number of amides is 2. The maximum Gasteiger partial charge on any atom is 0.251 e. The number of nitrogens with one attached hydrogen (secondary N) is 2. The van der Waals surface area contributed by atoms with Gasteiger partial charge in [0.05, 0.1) is 35.4 Å². The number of hydrogen-bond donors (Lipinski definition) is 2. The van der Waals surface area contributed by atoms with Gasteiger partial charge in [-0.1, -0.05) is 31.4 Å². The first-order chi connectivity index (χ1) is 19.1. The Balaban J connectivity index is 1.17. The molecule has 0 spiro atoms. The summed E-state index contributed by atoms with van der Waals surface area (Å²) in [5, 5.41) is 5.68. The third-order valence-corrected chi connectivity index (χ3v) is 7.42. The molecule has 1 saturated carbocycles. The molecular weight excluding hydrogens is 492 g/mol. The average Bonchev–Trinajstić information content (AvgIpc) is 3.74. The second-order valence-electron chi connectivity index (χ2n) is 10.1. The van der Waals surface area contributed by atoms with Crippen LogP contribution in [-0.2, 0) is 4.79 Å². The molecule has 198 valence electrons. The van der Waals surface area contributed by atoms with E-state index in [1.54, 1.807) is 44.1 Å². The summed E-state index contributed by atoms with van der Waals surface area (Å²) in [6.07, 6.45) is 12.5. The van der Waals surface area contributed by atoms with Crippen LogP contribution < -0.4 is 10.6 Å². The van der Waals surface area contributed by atoms with Crippen LogP contribution in [0.25, 0.3) is 33.5 Å².